The van der Waals surface area contributed by atoms with Crippen molar-refractivity contribution in [3.8, 4) is 0 Å². The molecule has 1 N–H and O–H groups in total. The number of ether oxygens (including phenoxy) is 1. The molecule has 1 rings (SSSR count). The molecule has 0 unspecified atom stereocenters. The molecule has 1 aliphatic heterocycles. The number of rotatable bonds is 8. The third-order valence-corrected chi connectivity index (χ3v) is 5.39. The van der Waals surface area contributed by atoms with Crippen molar-refractivity contribution in [1.29, 1.82) is 0 Å². The summed E-state index contributed by atoms with van der Waals surface area (Å²) >= 11 is 0. The Labute approximate surface area is 117 Å². The molecule has 19 heavy (non-hydrogen) atoms. The second kappa shape index (κ2) is 8.19. The van der Waals surface area contributed by atoms with Crippen LogP contribution in [0.4, 0.5) is 0 Å². The first kappa shape index (κ1) is 16.9. The minimum atomic E-state index is -3.16. The molecule has 0 aliphatic carbocycles. The highest BCUT2D eigenvalue weighted by molar-refractivity contribution is 7.89. The standard InChI is InChI=1S/C13H28N2O3S/c1-12(2)18-10-11-19(16,17)15(3)9-6-13-4-7-14-8-5-13/h12-14H,4-11H2,1-3H3. The van der Waals surface area contributed by atoms with Crippen molar-refractivity contribution in [3.05, 3.63) is 0 Å². The first-order valence-electron chi connectivity index (χ1n) is 7.18. The smallest absolute Gasteiger partial charge is 0.216 e. The molecule has 0 aromatic heterocycles. The number of nitrogens with zero attached hydrogens (tertiary/aromatic N) is 1. The van der Waals surface area contributed by atoms with Crippen molar-refractivity contribution < 1.29 is 13.2 Å². The van der Waals surface area contributed by atoms with Crippen LogP contribution in [0.3, 0.4) is 0 Å². The zero-order valence-corrected chi connectivity index (χ0v) is 13.2. The zero-order valence-electron chi connectivity index (χ0n) is 12.4. The number of hydrogen-bond acceptors (Lipinski definition) is 4. The molecule has 114 valence electrons. The van der Waals surface area contributed by atoms with Crippen molar-refractivity contribution in [2.75, 3.05) is 39.0 Å². The number of piperidine rings is 1. The molecule has 5 nitrogen and oxygen atoms in total. The minimum absolute atomic E-state index is 0.0773. The van der Waals surface area contributed by atoms with Gasteiger partial charge in [-0.05, 0) is 52.1 Å². The lowest BCUT2D eigenvalue weighted by Crippen LogP contribution is -2.34. The summed E-state index contributed by atoms with van der Waals surface area (Å²) in [4.78, 5) is 0. The number of nitrogens with one attached hydrogen (secondary N) is 1. The van der Waals surface area contributed by atoms with E-state index in [1.54, 1.807) is 7.05 Å². The van der Waals surface area contributed by atoms with Crippen LogP contribution in [0.2, 0.25) is 0 Å². The van der Waals surface area contributed by atoms with Crippen LogP contribution in [0.5, 0.6) is 0 Å². The largest absolute Gasteiger partial charge is 0.378 e. The highest BCUT2D eigenvalue weighted by Crippen LogP contribution is 2.16. The van der Waals surface area contributed by atoms with Crippen molar-refractivity contribution >= 4 is 10.0 Å². The molecule has 1 heterocycles. The maximum absolute atomic E-state index is 12.0. The van der Waals surface area contributed by atoms with Gasteiger partial charge >= 0.3 is 0 Å². The third kappa shape index (κ3) is 6.70. The Morgan fingerprint density at radius 2 is 1.95 bits per heavy atom. The summed E-state index contributed by atoms with van der Waals surface area (Å²) in [6.45, 7) is 6.83. The summed E-state index contributed by atoms with van der Waals surface area (Å²) < 4.78 is 30.8. The van der Waals surface area contributed by atoms with Gasteiger partial charge in [0.2, 0.25) is 10.0 Å². The highest BCUT2D eigenvalue weighted by Gasteiger charge is 2.20. The van der Waals surface area contributed by atoms with Crippen LogP contribution >= 0.6 is 0 Å². The van der Waals surface area contributed by atoms with Gasteiger partial charge in [0.05, 0.1) is 18.5 Å². The van der Waals surface area contributed by atoms with E-state index in [1.807, 2.05) is 13.8 Å². The van der Waals surface area contributed by atoms with Crippen LogP contribution in [0.15, 0.2) is 0 Å². The Kier molecular flexibility index (Phi) is 7.28. The van der Waals surface area contributed by atoms with Gasteiger partial charge in [-0.2, -0.15) is 0 Å². The van der Waals surface area contributed by atoms with Crippen LogP contribution in [0, 0.1) is 5.92 Å². The summed E-state index contributed by atoms with van der Waals surface area (Å²) in [5, 5.41) is 3.32. The molecule has 0 saturated carbocycles. The van der Waals surface area contributed by atoms with Crippen LogP contribution in [-0.2, 0) is 14.8 Å². The molecule has 0 amide bonds. The normalized spacial score (nSPS) is 18.4. The van der Waals surface area contributed by atoms with E-state index < -0.39 is 10.0 Å². The van der Waals surface area contributed by atoms with Gasteiger partial charge in [-0.3, -0.25) is 0 Å². The number of sulfonamides is 1. The fourth-order valence-corrected chi connectivity index (χ4v) is 3.22. The molecule has 1 fully saturated rings. The van der Waals surface area contributed by atoms with E-state index in [9.17, 15) is 8.42 Å². The molecular formula is C13H28N2O3S. The Morgan fingerprint density at radius 3 is 2.53 bits per heavy atom. The molecule has 1 saturated heterocycles. The van der Waals surface area contributed by atoms with Crippen molar-refractivity contribution in [3.63, 3.8) is 0 Å². The Hall–Kier alpha value is -0.170. The van der Waals surface area contributed by atoms with Crippen LogP contribution in [-0.4, -0.2) is 57.9 Å². The van der Waals surface area contributed by atoms with Gasteiger partial charge in [0.15, 0.2) is 0 Å². The second-order valence-electron chi connectivity index (χ2n) is 5.54. The van der Waals surface area contributed by atoms with Crippen LogP contribution in [0.25, 0.3) is 0 Å². The molecule has 0 atom stereocenters. The average molecular weight is 292 g/mol. The zero-order chi connectivity index (χ0) is 14.3. The summed E-state index contributed by atoms with van der Waals surface area (Å²) in [6.07, 6.45) is 3.35. The summed E-state index contributed by atoms with van der Waals surface area (Å²) in [5.41, 5.74) is 0. The molecule has 0 aromatic carbocycles. The summed E-state index contributed by atoms with van der Waals surface area (Å²) in [7, 11) is -1.49. The fourth-order valence-electron chi connectivity index (χ4n) is 2.22. The molecule has 0 spiro atoms. The average Bonchev–Trinajstić information content (AvgIpc) is 2.36. The lowest BCUT2D eigenvalue weighted by molar-refractivity contribution is 0.0907. The summed E-state index contributed by atoms with van der Waals surface area (Å²) in [5.74, 6) is 0.735. The van der Waals surface area contributed by atoms with E-state index >= 15 is 0 Å². The minimum Gasteiger partial charge on any atom is -0.378 e. The first-order chi connectivity index (χ1) is 8.92. The molecular weight excluding hydrogens is 264 g/mol. The predicted molar refractivity (Wildman–Crippen MR) is 77.7 cm³/mol. The fraction of sp³-hybridized carbons (Fsp3) is 1.00. The van der Waals surface area contributed by atoms with Gasteiger partial charge in [-0.25, -0.2) is 12.7 Å². The van der Waals surface area contributed by atoms with Gasteiger partial charge in [0, 0.05) is 13.6 Å². The highest BCUT2D eigenvalue weighted by atomic mass is 32.2. The topological polar surface area (TPSA) is 58.6 Å². The van der Waals surface area contributed by atoms with Crippen molar-refractivity contribution in [2.45, 2.75) is 39.2 Å². The van der Waals surface area contributed by atoms with Gasteiger partial charge < -0.3 is 10.1 Å². The molecule has 0 radical (unpaired) electrons. The number of hydrogen-bond donors (Lipinski definition) is 1. The van der Waals surface area contributed by atoms with E-state index in [0.717, 1.165) is 32.4 Å². The molecule has 0 aromatic rings. The Balaban J connectivity index is 2.27. The van der Waals surface area contributed by atoms with Crippen LogP contribution in [0.1, 0.15) is 33.1 Å². The molecule has 6 heteroatoms. The Morgan fingerprint density at radius 1 is 1.32 bits per heavy atom. The lowest BCUT2D eigenvalue weighted by Gasteiger charge is -2.25. The SMILES string of the molecule is CC(C)OCCS(=O)(=O)N(C)CCC1CCNCC1. The Bertz CT molecular complexity index is 338. The maximum Gasteiger partial charge on any atom is 0.216 e. The van der Waals surface area contributed by atoms with Gasteiger partial charge in [0.25, 0.3) is 0 Å². The summed E-state index contributed by atoms with van der Waals surface area (Å²) in [6, 6.07) is 0. The monoisotopic (exact) mass is 292 g/mol. The predicted octanol–water partition coefficient (Wildman–Crippen LogP) is 1.06. The van der Waals surface area contributed by atoms with E-state index in [1.165, 1.54) is 4.31 Å². The van der Waals surface area contributed by atoms with Crippen molar-refractivity contribution in [1.82, 2.24) is 9.62 Å². The van der Waals surface area contributed by atoms with Gasteiger partial charge in [-0.15, -0.1) is 0 Å². The second-order valence-corrected chi connectivity index (χ2v) is 7.73. The molecule has 1 aliphatic rings. The first-order valence-corrected chi connectivity index (χ1v) is 8.79. The van der Waals surface area contributed by atoms with Gasteiger partial charge in [-0.1, -0.05) is 0 Å². The van der Waals surface area contributed by atoms with E-state index in [0.29, 0.717) is 12.5 Å². The van der Waals surface area contributed by atoms with Crippen molar-refractivity contribution in [2.24, 2.45) is 5.92 Å². The van der Waals surface area contributed by atoms with Crippen LogP contribution < -0.4 is 5.32 Å². The van der Waals surface area contributed by atoms with E-state index in [4.69, 9.17) is 4.74 Å². The lowest BCUT2D eigenvalue weighted by atomic mass is 9.95. The maximum atomic E-state index is 12.0. The van der Waals surface area contributed by atoms with Gasteiger partial charge in [0.1, 0.15) is 0 Å². The quantitative estimate of drug-likeness (QED) is 0.727. The van der Waals surface area contributed by atoms with E-state index in [2.05, 4.69) is 5.32 Å². The van der Waals surface area contributed by atoms with E-state index in [-0.39, 0.29) is 18.5 Å². The molecule has 0 bridgehead atoms. The third-order valence-electron chi connectivity index (χ3n) is 3.58.